The summed E-state index contributed by atoms with van der Waals surface area (Å²) in [5, 5.41) is 4.93. The van der Waals surface area contributed by atoms with Crippen LogP contribution in [0, 0.1) is 0 Å². The molecule has 2 saturated heterocycles. The van der Waals surface area contributed by atoms with Gasteiger partial charge in [0.1, 0.15) is 0 Å². The zero-order chi connectivity index (χ0) is 18.4. The van der Waals surface area contributed by atoms with Crippen LogP contribution in [0.2, 0.25) is 5.02 Å². The first kappa shape index (κ1) is 17.4. The fraction of sp³-hybridized carbons (Fsp3) is 0.524. The lowest BCUT2D eigenvalue weighted by Gasteiger charge is -2.32. The van der Waals surface area contributed by atoms with Gasteiger partial charge in [0, 0.05) is 67.3 Å². The average molecular weight is 385 g/mol. The van der Waals surface area contributed by atoms with Crippen LogP contribution in [0.5, 0.6) is 0 Å². The molecule has 5 rings (SSSR count). The number of benzene rings is 1. The largest absolute Gasteiger partial charge is 0.337 e. The first-order valence-electron chi connectivity index (χ1n) is 10.0. The summed E-state index contributed by atoms with van der Waals surface area (Å²) < 4.78 is 0. The average Bonchev–Trinajstić information content (AvgIpc) is 3.44. The first-order valence-corrected chi connectivity index (χ1v) is 10.4. The quantitative estimate of drug-likeness (QED) is 0.884. The third-order valence-electron chi connectivity index (χ3n) is 6.14. The van der Waals surface area contributed by atoms with Crippen molar-refractivity contribution in [3.63, 3.8) is 0 Å². The van der Waals surface area contributed by atoms with Gasteiger partial charge in [-0.2, -0.15) is 0 Å². The summed E-state index contributed by atoms with van der Waals surface area (Å²) >= 11 is 6.23. The lowest BCUT2D eigenvalue weighted by molar-refractivity contribution is 0.0775. The molecule has 1 saturated carbocycles. The molecule has 1 aliphatic carbocycles. The number of hydrogen-bond donors (Lipinski definition) is 1. The van der Waals surface area contributed by atoms with E-state index in [0.29, 0.717) is 17.0 Å². The van der Waals surface area contributed by atoms with E-state index in [0.717, 1.165) is 67.8 Å². The molecule has 0 bridgehead atoms. The summed E-state index contributed by atoms with van der Waals surface area (Å²) in [6.45, 7) is 5.89. The third kappa shape index (κ3) is 3.44. The van der Waals surface area contributed by atoms with Crippen LogP contribution in [0.25, 0.3) is 10.9 Å². The Bertz CT molecular complexity index is 876. The van der Waals surface area contributed by atoms with Crippen LogP contribution < -0.4 is 5.32 Å². The molecule has 1 aromatic carbocycles. The highest BCUT2D eigenvalue weighted by Crippen LogP contribution is 2.40. The molecule has 3 heterocycles. The molecule has 2 aromatic rings. The summed E-state index contributed by atoms with van der Waals surface area (Å²) in [4.78, 5) is 22.8. The fourth-order valence-corrected chi connectivity index (χ4v) is 4.60. The monoisotopic (exact) mass is 384 g/mol. The number of pyridine rings is 1. The minimum Gasteiger partial charge on any atom is -0.337 e. The Morgan fingerprint density at radius 2 is 1.93 bits per heavy atom. The van der Waals surface area contributed by atoms with E-state index in [9.17, 15) is 4.79 Å². The molecule has 0 radical (unpaired) electrons. The predicted octanol–water partition coefficient (Wildman–Crippen LogP) is 2.89. The van der Waals surface area contributed by atoms with Crippen molar-refractivity contribution in [3.8, 4) is 0 Å². The second kappa shape index (κ2) is 7.04. The second-order valence-corrected chi connectivity index (χ2v) is 8.45. The molecule has 1 aromatic heterocycles. The Kier molecular flexibility index (Phi) is 4.54. The van der Waals surface area contributed by atoms with E-state index in [2.05, 4.69) is 10.2 Å². The van der Waals surface area contributed by atoms with Crippen molar-refractivity contribution in [2.45, 2.75) is 31.2 Å². The topological polar surface area (TPSA) is 48.5 Å². The minimum absolute atomic E-state index is 0.129. The molecular weight excluding hydrogens is 360 g/mol. The number of nitrogens with zero attached hydrogens (tertiary/aromatic N) is 3. The van der Waals surface area contributed by atoms with Gasteiger partial charge in [0.15, 0.2) is 0 Å². The number of carbonyl (C=O) groups is 1. The summed E-state index contributed by atoms with van der Waals surface area (Å²) in [7, 11) is 0. The van der Waals surface area contributed by atoms with Gasteiger partial charge in [0.2, 0.25) is 0 Å². The van der Waals surface area contributed by atoms with Crippen molar-refractivity contribution >= 4 is 28.4 Å². The van der Waals surface area contributed by atoms with Crippen LogP contribution in [0.3, 0.4) is 0 Å². The molecule has 0 spiro atoms. The Hall–Kier alpha value is -1.69. The normalized spacial score (nSPS) is 23.9. The maximum absolute atomic E-state index is 13.4. The highest BCUT2D eigenvalue weighted by molar-refractivity contribution is 6.31. The molecule has 6 heteroatoms. The molecule has 3 aliphatic rings. The maximum Gasteiger partial charge on any atom is 0.254 e. The van der Waals surface area contributed by atoms with Crippen LogP contribution >= 0.6 is 11.6 Å². The number of piperazine rings is 1. The number of rotatable bonds is 3. The molecule has 142 valence electrons. The number of aromatic nitrogens is 1. The van der Waals surface area contributed by atoms with Crippen molar-refractivity contribution in [2.24, 2.45) is 0 Å². The van der Waals surface area contributed by atoms with E-state index >= 15 is 0 Å². The van der Waals surface area contributed by atoms with E-state index in [1.54, 1.807) is 0 Å². The summed E-state index contributed by atoms with van der Waals surface area (Å²) in [5.41, 5.74) is 2.71. The van der Waals surface area contributed by atoms with Gasteiger partial charge in [-0.05, 0) is 43.5 Å². The van der Waals surface area contributed by atoms with Gasteiger partial charge in [0.05, 0.1) is 11.1 Å². The molecule has 1 atom stereocenters. The molecular formula is C21H25ClN4O. The smallest absolute Gasteiger partial charge is 0.254 e. The zero-order valence-electron chi connectivity index (χ0n) is 15.5. The predicted molar refractivity (Wildman–Crippen MR) is 107 cm³/mol. The maximum atomic E-state index is 13.4. The van der Waals surface area contributed by atoms with Gasteiger partial charge in [-0.15, -0.1) is 0 Å². The van der Waals surface area contributed by atoms with Crippen molar-refractivity contribution in [2.75, 3.05) is 39.3 Å². The van der Waals surface area contributed by atoms with Crippen molar-refractivity contribution in [1.82, 2.24) is 20.1 Å². The van der Waals surface area contributed by atoms with Crippen molar-refractivity contribution in [3.05, 3.63) is 40.5 Å². The van der Waals surface area contributed by atoms with Gasteiger partial charge in [-0.1, -0.05) is 11.6 Å². The van der Waals surface area contributed by atoms with Gasteiger partial charge in [-0.25, -0.2) is 0 Å². The second-order valence-electron chi connectivity index (χ2n) is 8.01. The fourth-order valence-electron chi connectivity index (χ4n) is 4.43. The minimum atomic E-state index is 0.129. The van der Waals surface area contributed by atoms with Crippen LogP contribution in [-0.4, -0.2) is 66.0 Å². The number of hydrogen-bond acceptors (Lipinski definition) is 4. The standard InChI is InChI=1S/C21H25ClN4O/c22-15-3-4-19-17(11-15)18(12-20(24-19)14-1-2-14)21(27)26-8-5-16(13-26)25-9-6-23-7-10-25/h3-4,11-12,14,16,23H,1-2,5-10,13H2. The Morgan fingerprint density at radius 1 is 1.11 bits per heavy atom. The molecule has 2 aliphatic heterocycles. The van der Waals surface area contributed by atoms with Gasteiger partial charge in [0.25, 0.3) is 5.91 Å². The number of likely N-dealkylation sites (tertiary alicyclic amines) is 1. The number of nitrogens with one attached hydrogen (secondary N) is 1. The Balaban J connectivity index is 1.44. The lowest BCUT2D eigenvalue weighted by atomic mass is 10.0. The van der Waals surface area contributed by atoms with E-state index in [1.807, 2.05) is 29.2 Å². The summed E-state index contributed by atoms with van der Waals surface area (Å²) in [6.07, 6.45) is 3.41. The lowest BCUT2D eigenvalue weighted by Crippen LogP contribution is -2.49. The van der Waals surface area contributed by atoms with E-state index in [4.69, 9.17) is 16.6 Å². The molecule has 3 fully saturated rings. The van der Waals surface area contributed by atoms with Crippen molar-refractivity contribution < 1.29 is 4.79 Å². The van der Waals surface area contributed by atoms with Gasteiger partial charge in [-0.3, -0.25) is 14.7 Å². The highest BCUT2D eigenvalue weighted by atomic mass is 35.5. The van der Waals surface area contributed by atoms with E-state index in [1.165, 1.54) is 12.8 Å². The van der Waals surface area contributed by atoms with Gasteiger partial charge < -0.3 is 10.2 Å². The van der Waals surface area contributed by atoms with Crippen LogP contribution in [0.15, 0.2) is 24.3 Å². The summed E-state index contributed by atoms with van der Waals surface area (Å²) in [6, 6.07) is 8.19. The highest BCUT2D eigenvalue weighted by Gasteiger charge is 2.33. The first-order chi connectivity index (χ1) is 13.2. The molecule has 1 amide bonds. The summed E-state index contributed by atoms with van der Waals surface area (Å²) in [5.74, 6) is 0.646. The number of carbonyl (C=O) groups excluding carboxylic acids is 1. The number of amides is 1. The molecule has 27 heavy (non-hydrogen) atoms. The zero-order valence-corrected chi connectivity index (χ0v) is 16.2. The molecule has 1 unspecified atom stereocenters. The SMILES string of the molecule is O=C(c1cc(C2CC2)nc2ccc(Cl)cc12)N1CCC(N2CCNCC2)C1. The van der Waals surface area contributed by atoms with Crippen molar-refractivity contribution in [1.29, 1.82) is 0 Å². The Morgan fingerprint density at radius 3 is 2.70 bits per heavy atom. The number of fused-ring (bicyclic) bond motifs is 1. The Labute approximate surface area is 164 Å². The third-order valence-corrected chi connectivity index (χ3v) is 6.37. The number of halogens is 1. The van der Waals surface area contributed by atoms with Crippen LogP contribution in [0.1, 0.15) is 41.2 Å². The van der Waals surface area contributed by atoms with Crippen LogP contribution in [-0.2, 0) is 0 Å². The van der Waals surface area contributed by atoms with Crippen LogP contribution in [0.4, 0.5) is 0 Å². The molecule has 1 N–H and O–H groups in total. The van der Waals surface area contributed by atoms with Gasteiger partial charge >= 0.3 is 0 Å². The van der Waals surface area contributed by atoms with E-state index < -0.39 is 0 Å². The molecule has 5 nitrogen and oxygen atoms in total. The van der Waals surface area contributed by atoms with E-state index in [-0.39, 0.29) is 5.91 Å².